The van der Waals surface area contributed by atoms with Crippen molar-refractivity contribution in [2.75, 3.05) is 0 Å². The molecule has 0 aliphatic carbocycles. The van der Waals surface area contributed by atoms with Crippen molar-refractivity contribution >= 4 is 17.5 Å². The fourth-order valence-corrected chi connectivity index (χ4v) is 1.42. The molecule has 1 aromatic rings. The van der Waals surface area contributed by atoms with Gasteiger partial charge in [0.25, 0.3) is 0 Å². The second kappa shape index (κ2) is 5.54. The van der Waals surface area contributed by atoms with Crippen molar-refractivity contribution in [1.29, 1.82) is 0 Å². The second-order valence-corrected chi connectivity index (χ2v) is 5.89. The molecule has 3 heteroatoms. The van der Waals surface area contributed by atoms with Gasteiger partial charge in [-0.25, -0.2) is 0 Å². The summed E-state index contributed by atoms with van der Waals surface area (Å²) in [5, 5.41) is 3.70. The molecule has 0 aliphatic rings. The lowest BCUT2D eigenvalue weighted by Gasteiger charge is -2.28. The van der Waals surface area contributed by atoms with Gasteiger partial charge in [-0.1, -0.05) is 44.5 Å². The minimum atomic E-state index is 0.0507. The van der Waals surface area contributed by atoms with Gasteiger partial charge in [0.15, 0.2) is 0 Å². The van der Waals surface area contributed by atoms with Crippen LogP contribution >= 0.6 is 11.6 Å². The molecule has 94 valence electrons. The van der Waals surface area contributed by atoms with Crippen molar-refractivity contribution in [1.82, 2.24) is 5.32 Å². The van der Waals surface area contributed by atoms with Crippen molar-refractivity contribution in [3.63, 3.8) is 0 Å². The lowest BCUT2D eigenvalue weighted by Crippen LogP contribution is -2.42. The van der Waals surface area contributed by atoms with E-state index < -0.39 is 0 Å². The maximum Gasteiger partial charge on any atom is 0.224 e. The summed E-state index contributed by atoms with van der Waals surface area (Å²) in [6.07, 6.45) is 0.400. The van der Waals surface area contributed by atoms with Crippen LogP contribution in [0, 0.1) is 5.41 Å². The van der Waals surface area contributed by atoms with Gasteiger partial charge >= 0.3 is 0 Å². The van der Waals surface area contributed by atoms with Crippen LogP contribution in [0.5, 0.6) is 0 Å². The van der Waals surface area contributed by atoms with E-state index in [9.17, 15) is 4.79 Å². The number of amides is 1. The number of hydrogen-bond donors (Lipinski definition) is 1. The Morgan fingerprint density at radius 1 is 1.29 bits per heavy atom. The van der Waals surface area contributed by atoms with Gasteiger partial charge in [-0.05, 0) is 30.0 Å². The van der Waals surface area contributed by atoms with E-state index in [1.165, 1.54) is 0 Å². The largest absolute Gasteiger partial charge is 0.353 e. The first kappa shape index (κ1) is 14.0. The summed E-state index contributed by atoms with van der Waals surface area (Å²) in [7, 11) is 0. The smallest absolute Gasteiger partial charge is 0.224 e. The van der Waals surface area contributed by atoms with E-state index >= 15 is 0 Å². The molecule has 0 saturated heterocycles. The predicted octanol–water partition coefficient (Wildman–Crippen LogP) is 3.43. The molecule has 2 nitrogen and oxygen atoms in total. The summed E-state index contributed by atoms with van der Waals surface area (Å²) in [6.45, 7) is 8.36. The summed E-state index contributed by atoms with van der Waals surface area (Å²) in [6, 6.07) is 7.52. The van der Waals surface area contributed by atoms with Crippen LogP contribution < -0.4 is 5.32 Å². The summed E-state index contributed by atoms with van der Waals surface area (Å²) in [4.78, 5) is 11.8. The zero-order valence-corrected chi connectivity index (χ0v) is 11.6. The lowest BCUT2D eigenvalue weighted by atomic mass is 9.88. The first-order valence-corrected chi connectivity index (χ1v) is 6.20. The van der Waals surface area contributed by atoms with E-state index in [0.29, 0.717) is 11.4 Å². The third-order valence-corrected chi connectivity index (χ3v) is 3.21. The average molecular weight is 254 g/mol. The number of benzene rings is 1. The van der Waals surface area contributed by atoms with Gasteiger partial charge in [0.1, 0.15) is 0 Å². The minimum Gasteiger partial charge on any atom is -0.353 e. The molecule has 1 amide bonds. The third kappa shape index (κ3) is 4.78. The standard InChI is InChI=1S/C14H20ClNO/c1-10(14(2,3)4)16-13(17)9-11-5-7-12(15)8-6-11/h5-8,10H,9H2,1-4H3,(H,16,17)/t10-/m0/s1. The monoisotopic (exact) mass is 253 g/mol. The highest BCUT2D eigenvalue weighted by Gasteiger charge is 2.21. The molecule has 0 aromatic heterocycles. The fraction of sp³-hybridized carbons (Fsp3) is 0.500. The Bertz CT molecular complexity index is 378. The molecular weight excluding hydrogens is 234 g/mol. The Morgan fingerprint density at radius 2 is 1.82 bits per heavy atom. The van der Waals surface area contributed by atoms with Crippen LogP contribution in [0.4, 0.5) is 0 Å². The van der Waals surface area contributed by atoms with E-state index in [2.05, 4.69) is 26.1 Å². The number of carbonyl (C=O) groups excluding carboxylic acids is 1. The molecule has 0 spiro atoms. The molecule has 1 aromatic carbocycles. The summed E-state index contributed by atoms with van der Waals surface area (Å²) in [5.74, 6) is 0.0507. The SMILES string of the molecule is C[C@H](NC(=O)Cc1ccc(Cl)cc1)C(C)(C)C. The Balaban J connectivity index is 2.53. The zero-order chi connectivity index (χ0) is 13.1. The number of hydrogen-bond acceptors (Lipinski definition) is 1. The topological polar surface area (TPSA) is 29.1 Å². The summed E-state index contributed by atoms with van der Waals surface area (Å²) >= 11 is 5.79. The second-order valence-electron chi connectivity index (χ2n) is 5.46. The molecule has 17 heavy (non-hydrogen) atoms. The molecule has 1 atom stereocenters. The number of rotatable bonds is 3. The highest BCUT2D eigenvalue weighted by atomic mass is 35.5. The first-order valence-electron chi connectivity index (χ1n) is 5.83. The molecule has 1 N–H and O–H groups in total. The molecule has 0 saturated carbocycles. The van der Waals surface area contributed by atoms with Crippen LogP contribution in [-0.4, -0.2) is 11.9 Å². The highest BCUT2D eigenvalue weighted by Crippen LogP contribution is 2.18. The van der Waals surface area contributed by atoms with Crippen molar-refractivity contribution in [2.45, 2.75) is 40.2 Å². The first-order chi connectivity index (χ1) is 7.79. The van der Waals surface area contributed by atoms with Gasteiger partial charge in [-0.3, -0.25) is 4.79 Å². The van der Waals surface area contributed by atoms with Gasteiger partial charge in [0.05, 0.1) is 6.42 Å². The number of halogens is 1. The molecule has 0 radical (unpaired) electrons. The van der Waals surface area contributed by atoms with Crippen LogP contribution in [0.1, 0.15) is 33.3 Å². The minimum absolute atomic E-state index is 0.0507. The predicted molar refractivity (Wildman–Crippen MR) is 72.2 cm³/mol. The highest BCUT2D eigenvalue weighted by molar-refractivity contribution is 6.30. The Kier molecular flexibility index (Phi) is 4.58. The quantitative estimate of drug-likeness (QED) is 0.879. The number of nitrogens with one attached hydrogen (secondary N) is 1. The van der Waals surface area contributed by atoms with E-state index in [4.69, 9.17) is 11.6 Å². The zero-order valence-electron chi connectivity index (χ0n) is 10.9. The van der Waals surface area contributed by atoms with Crippen molar-refractivity contribution in [2.24, 2.45) is 5.41 Å². The van der Waals surface area contributed by atoms with Crippen LogP contribution in [0.2, 0.25) is 5.02 Å². The molecule has 1 rings (SSSR count). The van der Waals surface area contributed by atoms with Crippen molar-refractivity contribution in [3.8, 4) is 0 Å². The van der Waals surface area contributed by atoms with Crippen molar-refractivity contribution < 1.29 is 4.79 Å². The molecule has 0 bridgehead atoms. The third-order valence-electron chi connectivity index (χ3n) is 2.95. The van der Waals surface area contributed by atoms with Crippen LogP contribution in [-0.2, 0) is 11.2 Å². The Hall–Kier alpha value is -1.02. The van der Waals surface area contributed by atoms with E-state index in [-0.39, 0.29) is 17.4 Å². The summed E-state index contributed by atoms with van der Waals surface area (Å²) < 4.78 is 0. The Labute approximate surface area is 108 Å². The normalized spacial score (nSPS) is 13.2. The van der Waals surface area contributed by atoms with E-state index in [1.807, 2.05) is 19.1 Å². The molecule has 0 heterocycles. The summed E-state index contributed by atoms with van der Waals surface area (Å²) in [5.41, 5.74) is 1.06. The maximum absolute atomic E-state index is 11.8. The van der Waals surface area contributed by atoms with Gasteiger partial charge in [0, 0.05) is 11.1 Å². The molecular formula is C14H20ClNO. The maximum atomic E-state index is 11.8. The molecule has 0 fully saturated rings. The van der Waals surface area contributed by atoms with Crippen LogP contribution in [0.25, 0.3) is 0 Å². The molecule has 0 aliphatic heterocycles. The van der Waals surface area contributed by atoms with Crippen LogP contribution in [0.15, 0.2) is 24.3 Å². The van der Waals surface area contributed by atoms with Gasteiger partial charge in [0.2, 0.25) is 5.91 Å². The van der Waals surface area contributed by atoms with Gasteiger partial charge in [-0.15, -0.1) is 0 Å². The van der Waals surface area contributed by atoms with E-state index in [0.717, 1.165) is 5.56 Å². The molecule has 0 unspecified atom stereocenters. The average Bonchev–Trinajstić information content (AvgIpc) is 2.20. The van der Waals surface area contributed by atoms with Crippen LogP contribution in [0.3, 0.4) is 0 Å². The number of carbonyl (C=O) groups is 1. The fourth-order valence-electron chi connectivity index (χ4n) is 1.30. The lowest BCUT2D eigenvalue weighted by molar-refractivity contribution is -0.121. The van der Waals surface area contributed by atoms with Gasteiger partial charge < -0.3 is 5.32 Å². The van der Waals surface area contributed by atoms with Gasteiger partial charge in [-0.2, -0.15) is 0 Å². The van der Waals surface area contributed by atoms with E-state index in [1.54, 1.807) is 12.1 Å². The van der Waals surface area contributed by atoms with Crippen molar-refractivity contribution in [3.05, 3.63) is 34.9 Å². The Morgan fingerprint density at radius 3 is 2.29 bits per heavy atom.